The number of hydrogen-bond acceptors (Lipinski definition) is 4. The summed E-state index contributed by atoms with van der Waals surface area (Å²) in [5, 5.41) is -0.191. The summed E-state index contributed by atoms with van der Waals surface area (Å²) in [6.07, 6.45) is 3.36. The van der Waals surface area contributed by atoms with E-state index in [9.17, 15) is 13.0 Å². The fourth-order valence-electron chi connectivity index (χ4n) is 2.74. The summed E-state index contributed by atoms with van der Waals surface area (Å²) in [6.45, 7) is 3.43. The van der Waals surface area contributed by atoms with Gasteiger partial charge in [0.2, 0.25) is 0 Å². The lowest BCUT2D eigenvalue weighted by Gasteiger charge is -2.33. The molecule has 3 rings (SSSR count). The van der Waals surface area contributed by atoms with Crippen LogP contribution in [0.1, 0.15) is 13.8 Å². The highest BCUT2D eigenvalue weighted by molar-refractivity contribution is 7.90. The van der Waals surface area contributed by atoms with Gasteiger partial charge < -0.3 is 4.74 Å². The van der Waals surface area contributed by atoms with Crippen molar-refractivity contribution in [3.8, 4) is 11.5 Å². The number of hydrogen-bond donors (Lipinski definition) is 1. The smallest absolute Gasteiger partial charge is 0.310 e. The van der Waals surface area contributed by atoms with Crippen molar-refractivity contribution < 1.29 is 17.7 Å². The van der Waals surface area contributed by atoms with E-state index in [1.165, 1.54) is 4.90 Å². The van der Waals surface area contributed by atoms with Gasteiger partial charge in [-0.3, -0.25) is 9.45 Å². The molecule has 0 aromatic heterocycles. The van der Waals surface area contributed by atoms with Crippen molar-refractivity contribution in [1.82, 2.24) is 0 Å². The Hall–Kier alpha value is -2.57. The van der Waals surface area contributed by atoms with E-state index >= 15 is 0 Å². The molecule has 5 nitrogen and oxygen atoms in total. The number of ether oxygens (including phenoxy) is 1. The Morgan fingerprint density at radius 3 is 2.00 bits per heavy atom. The molecule has 0 bridgehead atoms. The zero-order chi connectivity index (χ0) is 17.3. The second kappa shape index (κ2) is 6.14. The second-order valence-electron chi connectivity index (χ2n) is 5.34. The number of rotatable bonds is 3. The molecule has 0 saturated carbocycles. The Labute approximate surface area is 141 Å². The Balaban J connectivity index is 2.36. The minimum absolute atomic E-state index is 0.191. The summed E-state index contributed by atoms with van der Waals surface area (Å²) in [6, 6.07) is 14.2. The highest BCUT2D eigenvalue weighted by Gasteiger charge is 2.33. The van der Waals surface area contributed by atoms with Gasteiger partial charge in [0, 0.05) is 0 Å². The van der Waals surface area contributed by atoms with Gasteiger partial charge in [0.05, 0.1) is 11.4 Å². The molecular formula is C18H17NO4S. The van der Waals surface area contributed by atoms with Crippen LogP contribution in [0.5, 0.6) is 11.5 Å². The molecule has 0 spiro atoms. The predicted octanol–water partition coefficient (Wildman–Crippen LogP) is 4.63. The summed E-state index contributed by atoms with van der Waals surface area (Å²) >= 11 is 0. The van der Waals surface area contributed by atoms with Crippen molar-refractivity contribution >= 4 is 21.5 Å². The molecule has 1 N–H and O–H groups in total. The predicted molar refractivity (Wildman–Crippen MR) is 94.2 cm³/mol. The van der Waals surface area contributed by atoms with Gasteiger partial charge in [0.25, 0.3) is 0 Å². The Morgan fingerprint density at radius 2 is 1.54 bits per heavy atom. The number of fused-ring (bicyclic) bond motifs is 2. The fraction of sp³-hybridized carbons (Fsp3) is 0.111. The molecular weight excluding hydrogens is 326 g/mol. The van der Waals surface area contributed by atoms with Crippen LogP contribution < -0.4 is 9.64 Å². The van der Waals surface area contributed by atoms with Gasteiger partial charge in [-0.1, -0.05) is 36.4 Å². The number of benzene rings is 2. The third-order valence-corrected chi connectivity index (χ3v) is 4.63. The Morgan fingerprint density at radius 1 is 1.04 bits per heavy atom. The summed E-state index contributed by atoms with van der Waals surface area (Å²) in [7, 11) is -4.47. The van der Waals surface area contributed by atoms with Crippen molar-refractivity contribution in [3.05, 3.63) is 71.3 Å². The largest absolute Gasteiger partial charge is 0.453 e. The monoisotopic (exact) mass is 343 g/mol. The normalized spacial score (nSPS) is 14.7. The van der Waals surface area contributed by atoms with Gasteiger partial charge in [-0.25, -0.2) is 0 Å². The van der Waals surface area contributed by atoms with E-state index < -0.39 is 10.1 Å². The molecule has 0 fully saturated rings. The number of para-hydroxylation sites is 4. The molecule has 1 heterocycles. The summed E-state index contributed by atoms with van der Waals surface area (Å²) in [5.74, 6) is 1.04. The third kappa shape index (κ3) is 2.81. The first kappa shape index (κ1) is 16.3. The number of anilines is 2. The summed E-state index contributed by atoms with van der Waals surface area (Å²) in [5.41, 5.74) is 1.52. The van der Waals surface area contributed by atoms with Crippen molar-refractivity contribution in [2.75, 3.05) is 4.90 Å². The second-order valence-corrected chi connectivity index (χ2v) is 6.67. The average molecular weight is 343 g/mol. The molecule has 0 unspecified atom stereocenters. The van der Waals surface area contributed by atoms with Crippen LogP contribution in [0.15, 0.2) is 71.3 Å². The van der Waals surface area contributed by atoms with Gasteiger partial charge in [0.1, 0.15) is 0 Å². The van der Waals surface area contributed by atoms with Crippen LogP contribution in [0.2, 0.25) is 0 Å². The SMILES string of the molecule is C/C=C\C(C)=C(/N1c2ccccc2Oc2ccccc21)S(=O)(=O)O. The molecule has 0 radical (unpaired) electrons. The van der Waals surface area contributed by atoms with E-state index in [0.717, 1.165) is 0 Å². The Kier molecular flexibility index (Phi) is 4.17. The Bertz CT molecular complexity index is 899. The first-order valence-electron chi connectivity index (χ1n) is 7.40. The topological polar surface area (TPSA) is 66.8 Å². The number of nitrogens with zero attached hydrogens (tertiary/aromatic N) is 1. The van der Waals surface area contributed by atoms with Gasteiger partial charge in [-0.15, -0.1) is 0 Å². The van der Waals surface area contributed by atoms with E-state index in [2.05, 4.69) is 0 Å². The quantitative estimate of drug-likeness (QED) is 0.650. The molecule has 124 valence electrons. The van der Waals surface area contributed by atoms with Crippen LogP contribution in [0.4, 0.5) is 11.4 Å². The van der Waals surface area contributed by atoms with E-state index in [-0.39, 0.29) is 5.03 Å². The molecule has 1 aliphatic rings. The highest BCUT2D eigenvalue weighted by atomic mass is 32.2. The minimum Gasteiger partial charge on any atom is -0.453 e. The number of allylic oxidation sites excluding steroid dienone is 3. The first-order valence-corrected chi connectivity index (χ1v) is 8.84. The lowest BCUT2D eigenvalue weighted by Crippen LogP contribution is -2.26. The van der Waals surface area contributed by atoms with Crippen LogP contribution >= 0.6 is 0 Å². The van der Waals surface area contributed by atoms with Gasteiger partial charge >= 0.3 is 10.1 Å². The van der Waals surface area contributed by atoms with Gasteiger partial charge in [-0.05, 0) is 43.7 Å². The van der Waals surface area contributed by atoms with Crippen molar-refractivity contribution in [2.45, 2.75) is 13.8 Å². The average Bonchev–Trinajstić information content (AvgIpc) is 2.53. The van der Waals surface area contributed by atoms with Crippen LogP contribution in [0, 0.1) is 0 Å². The van der Waals surface area contributed by atoms with Crippen LogP contribution in [0.25, 0.3) is 0 Å². The van der Waals surface area contributed by atoms with Crippen molar-refractivity contribution in [3.63, 3.8) is 0 Å². The zero-order valence-corrected chi connectivity index (χ0v) is 14.1. The standard InChI is InChI=1S/C18H17NO4S/c1-3-8-13(2)18(24(20,21)22)19-14-9-4-6-11-16(14)23-17-12-7-5-10-15(17)19/h3-12H,1-2H3,(H,20,21,22)/b8-3-,18-13+. The molecule has 2 aromatic rings. The molecule has 0 saturated heterocycles. The molecule has 6 heteroatoms. The molecule has 24 heavy (non-hydrogen) atoms. The van der Waals surface area contributed by atoms with Crippen molar-refractivity contribution in [2.24, 2.45) is 0 Å². The summed E-state index contributed by atoms with van der Waals surface area (Å²) in [4.78, 5) is 1.51. The lowest BCUT2D eigenvalue weighted by molar-refractivity contribution is 0.473. The molecule has 0 aliphatic carbocycles. The maximum atomic E-state index is 12.1. The third-order valence-electron chi connectivity index (χ3n) is 3.63. The maximum absolute atomic E-state index is 12.1. The van der Waals surface area contributed by atoms with Gasteiger partial charge in [-0.2, -0.15) is 8.42 Å². The van der Waals surface area contributed by atoms with Crippen LogP contribution in [0.3, 0.4) is 0 Å². The molecule has 1 aliphatic heterocycles. The van der Waals surface area contributed by atoms with Crippen LogP contribution in [-0.2, 0) is 10.1 Å². The minimum atomic E-state index is -4.47. The first-order chi connectivity index (χ1) is 11.4. The van der Waals surface area contributed by atoms with E-state index in [1.807, 2.05) is 0 Å². The van der Waals surface area contributed by atoms with Crippen LogP contribution in [-0.4, -0.2) is 13.0 Å². The van der Waals surface area contributed by atoms with Crippen molar-refractivity contribution in [1.29, 1.82) is 0 Å². The highest BCUT2D eigenvalue weighted by Crippen LogP contribution is 2.49. The zero-order valence-electron chi connectivity index (χ0n) is 13.3. The van der Waals surface area contributed by atoms with E-state index in [4.69, 9.17) is 4.74 Å². The van der Waals surface area contributed by atoms with Gasteiger partial charge in [0.15, 0.2) is 16.5 Å². The fourth-order valence-corrected chi connectivity index (χ4v) is 3.64. The van der Waals surface area contributed by atoms with E-state index in [0.29, 0.717) is 28.4 Å². The molecule has 0 atom stereocenters. The van der Waals surface area contributed by atoms with E-state index in [1.54, 1.807) is 74.5 Å². The summed E-state index contributed by atoms with van der Waals surface area (Å²) < 4.78 is 40.0. The molecule has 2 aromatic carbocycles. The maximum Gasteiger partial charge on any atom is 0.310 e. The molecule has 0 amide bonds. The lowest BCUT2D eigenvalue weighted by atomic mass is 10.1.